The van der Waals surface area contributed by atoms with Crippen molar-refractivity contribution in [3.63, 3.8) is 0 Å². The smallest absolute Gasteiger partial charge is 0.164 e. The van der Waals surface area contributed by atoms with E-state index in [2.05, 4.69) is 144 Å². The molecule has 0 aliphatic heterocycles. The van der Waals surface area contributed by atoms with E-state index in [-0.39, 0.29) is 0 Å². The molecule has 0 saturated carbocycles. The second-order valence-corrected chi connectivity index (χ2v) is 13.4. The van der Waals surface area contributed by atoms with Crippen molar-refractivity contribution < 1.29 is 0 Å². The molecule has 260 valence electrons. The lowest BCUT2D eigenvalue weighted by Crippen LogP contribution is -2.00. The first-order valence-electron chi connectivity index (χ1n) is 18.3. The van der Waals surface area contributed by atoms with E-state index in [1.807, 2.05) is 36.4 Å². The lowest BCUT2D eigenvalue weighted by Gasteiger charge is -2.13. The molecule has 0 aliphatic rings. The summed E-state index contributed by atoms with van der Waals surface area (Å²) in [6, 6.07) is 55.5. The maximum Gasteiger partial charge on any atom is 0.164 e. The van der Waals surface area contributed by atoms with Gasteiger partial charge in [0.1, 0.15) is 0 Å². The van der Waals surface area contributed by atoms with Crippen LogP contribution >= 0.6 is 0 Å². The molecule has 0 bridgehead atoms. The SMILES string of the molecule is C=CCc1ccc(-c2cccc(-c3cccc(-c4cccc(-c5cccc(-c6nc(-c7ccncc7)nc(-c7ccncc7)n6)c5)c4)c3)c2)c2ccccc12. The maximum atomic E-state index is 4.92. The fourth-order valence-electron chi connectivity index (χ4n) is 7.17. The molecular formula is C50H35N5. The number of hydrogen-bond acceptors (Lipinski definition) is 5. The van der Waals surface area contributed by atoms with Gasteiger partial charge in [-0.05, 0) is 116 Å². The Morgan fingerprint density at radius 1 is 0.364 bits per heavy atom. The molecule has 0 spiro atoms. The predicted octanol–water partition coefficient (Wildman–Crippen LogP) is 12.2. The number of nitrogens with zero attached hydrogens (tertiary/aromatic N) is 5. The summed E-state index contributed by atoms with van der Waals surface area (Å²) in [6.45, 7) is 3.97. The first-order chi connectivity index (χ1) is 27.2. The van der Waals surface area contributed by atoms with Crippen LogP contribution in [0.25, 0.3) is 89.4 Å². The molecule has 0 N–H and O–H groups in total. The van der Waals surface area contributed by atoms with Crippen molar-refractivity contribution in [2.24, 2.45) is 0 Å². The highest BCUT2D eigenvalue weighted by Gasteiger charge is 2.14. The van der Waals surface area contributed by atoms with E-state index < -0.39 is 0 Å². The van der Waals surface area contributed by atoms with Crippen LogP contribution in [0.3, 0.4) is 0 Å². The molecule has 0 fully saturated rings. The van der Waals surface area contributed by atoms with Gasteiger partial charge in [0.25, 0.3) is 0 Å². The summed E-state index contributed by atoms with van der Waals surface area (Å²) in [6.07, 6.45) is 9.81. The molecule has 0 saturated heterocycles. The van der Waals surface area contributed by atoms with Crippen molar-refractivity contribution in [1.82, 2.24) is 24.9 Å². The van der Waals surface area contributed by atoms with E-state index in [0.717, 1.165) is 45.4 Å². The highest BCUT2D eigenvalue weighted by atomic mass is 15.0. The quantitative estimate of drug-likeness (QED) is 0.140. The van der Waals surface area contributed by atoms with Crippen molar-refractivity contribution in [3.8, 4) is 78.7 Å². The van der Waals surface area contributed by atoms with Crippen molar-refractivity contribution in [3.05, 3.63) is 201 Å². The number of rotatable bonds is 9. The van der Waals surface area contributed by atoms with Gasteiger partial charge in [-0.1, -0.05) is 115 Å². The molecule has 0 unspecified atom stereocenters. The Morgan fingerprint density at radius 3 is 1.25 bits per heavy atom. The average molecular weight is 706 g/mol. The molecule has 0 aliphatic carbocycles. The second kappa shape index (κ2) is 14.9. The summed E-state index contributed by atoms with van der Waals surface area (Å²) in [5.41, 5.74) is 13.2. The van der Waals surface area contributed by atoms with Crippen LogP contribution in [0.5, 0.6) is 0 Å². The third kappa shape index (κ3) is 6.95. The minimum absolute atomic E-state index is 0.590. The van der Waals surface area contributed by atoms with Gasteiger partial charge in [0.2, 0.25) is 0 Å². The highest BCUT2D eigenvalue weighted by Crippen LogP contribution is 2.36. The number of aromatic nitrogens is 5. The first kappa shape index (κ1) is 33.5. The molecule has 0 radical (unpaired) electrons. The van der Waals surface area contributed by atoms with Crippen molar-refractivity contribution in [2.75, 3.05) is 0 Å². The van der Waals surface area contributed by atoms with Crippen LogP contribution in [-0.2, 0) is 6.42 Å². The fraction of sp³-hybridized carbons (Fsp3) is 0.0200. The van der Waals surface area contributed by atoms with Gasteiger partial charge in [-0.15, -0.1) is 6.58 Å². The predicted molar refractivity (Wildman–Crippen MR) is 225 cm³/mol. The van der Waals surface area contributed by atoms with Crippen LogP contribution in [0, 0.1) is 0 Å². The second-order valence-electron chi connectivity index (χ2n) is 13.4. The van der Waals surface area contributed by atoms with Gasteiger partial charge in [-0.25, -0.2) is 15.0 Å². The van der Waals surface area contributed by atoms with Gasteiger partial charge in [0.15, 0.2) is 17.5 Å². The lowest BCUT2D eigenvalue weighted by atomic mass is 9.91. The molecule has 6 aromatic carbocycles. The largest absolute Gasteiger partial charge is 0.265 e. The third-order valence-electron chi connectivity index (χ3n) is 9.91. The molecule has 3 heterocycles. The monoisotopic (exact) mass is 705 g/mol. The molecular weight excluding hydrogens is 671 g/mol. The normalized spacial score (nSPS) is 11.1. The maximum absolute atomic E-state index is 4.92. The fourth-order valence-corrected chi connectivity index (χ4v) is 7.17. The number of fused-ring (bicyclic) bond motifs is 1. The van der Waals surface area contributed by atoms with E-state index in [4.69, 9.17) is 15.0 Å². The zero-order chi connectivity index (χ0) is 37.0. The number of benzene rings is 6. The summed E-state index contributed by atoms with van der Waals surface area (Å²) in [5.74, 6) is 1.78. The van der Waals surface area contributed by atoms with Gasteiger partial charge in [0.05, 0.1) is 0 Å². The molecule has 0 amide bonds. The summed E-state index contributed by atoms with van der Waals surface area (Å²) < 4.78 is 0. The molecule has 55 heavy (non-hydrogen) atoms. The Balaban J connectivity index is 1.05. The lowest BCUT2D eigenvalue weighted by molar-refractivity contribution is 1.07. The minimum atomic E-state index is 0.590. The van der Waals surface area contributed by atoms with Crippen LogP contribution in [0.2, 0.25) is 0 Å². The van der Waals surface area contributed by atoms with Gasteiger partial charge < -0.3 is 0 Å². The molecule has 3 aromatic heterocycles. The summed E-state index contributed by atoms with van der Waals surface area (Å²) >= 11 is 0. The van der Waals surface area contributed by atoms with E-state index in [1.165, 1.54) is 38.6 Å². The summed E-state index contributed by atoms with van der Waals surface area (Å²) in [4.78, 5) is 23.0. The van der Waals surface area contributed by atoms with Crippen molar-refractivity contribution in [1.29, 1.82) is 0 Å². The average Bonchev–Trinajstić information content (AvgIpc) is 3.27. The molecule has 9 aromatic rings. The van der Waals surface area contributed by atoms with Crippen molar-refractivity contribution >= 4 is 10.8 Å². The van der Waals surface area contributed by atoms with E-state index in [1.54, 1.807) is 24.8 Å². The van der Waals surface area contributed by atoms with Crippen LogP contribution in [-0.4, -0.2) is 24.9 Å². The third-order valence-corrected chi connectivity index (χ3v) is 9.91. The van der Waals surface area contributed by atoms with Crippen LogP contribution in [0.4, 0.5) is 0 Å². The van der Waals surface area contributed by atoms with Gasteiger partial charge in [0, 0.05) is 41.5 Å². The van der Waals surface area contributed by atoms with Gasteiger partial charge in [-0.2, -0.15) is 0 Å². The number of pyridine rings is 2. The molecule has 5 heteroatoms. The van der Waals surface area contributed by atoms with Gasteiger partial charge in [-0.3, -0.25) is 9.97 Å². The van der Waals surface area contributed by atoms with E-state index in [0.29, 0.717) is 17.5 Å². The van der Waals surface area contributed by atoms with Crippen LogP contribution in [0.15, 0.2) is 195 Å². The standard InChI is InChI=1S/C50H35N5/c1-2-9-34-20-21-46(47-19-4-3-18-45(34)47)43-16-7-14-41(32-43)39-12-5-10-37(30-39)38-11-6-13-40(31-38)42-15-8-17-44(33-42)50-54-48(35-22-26-51-27-23-35)53-49(55-50)36-24-28-52-29-25-36/h2-8,10-33H,1,9H2. The summed E-state index contributed by atoms with van der Waals surface area (Å²) in [7, 11) is 0. The zero-order valence-electron chi connectivity index (χ0n) is 30.0. The number of allylic oxidation sites excluding steroid dienone is 1. The van der Waals surface area contributed by atoms with E-state index in [9.17, 15) is 0 Å². The van der Waals surface area contributed by atoms with Crippen molar-refractivity contribution in [2.45, 2.75) is 6.42 Å². The first-order valence-corrected chi connectivity index (χ1v) is 18.3. The minimum Gasteiger partial charge on any atom is -0.265 e. The zero-order valence-corrected chi connectivity index (χ0v) is 30.0. The Morgan fingerprint density at radius 2 is 0.764 bits per heavy atom. The van der Waals surface area contributed by atoms with Gasteiger partial charge >= 0.3 is 0 Å². The highest BCUT2D eigenvalue weighted by molar-refractivity contribution is 5.99. The topological polar surface area (TPSA) is 64.5 Å². The Labute approximate surface area is 320 Å². The van der Waals surface area contributed by atoms with Crippen LogP contribution in [0.1, 0.15) is 5.56 Å². The van der Waals surface area contributed by atoms with Crippen LogP contribution < -0.4 is 0 Å². The molecule has 0 atom stereocenters. The molecule has 9 rings (SSSR count). The summed E-state index contributed by atoms with van der Waals surface area (Å²) in [5, 5.41) is 2.53. The Bertz CT molecular complexity index is 2750. The Hall–Kier alpha value is -7.37. The number of hydrogen-bond donors (Lipinski definition) is 0. The Kier molecular flexibility index (Phi) is 9.09. The van der Waals surface area contributed by atoms with E-state index >= 15 is 0 Å². The molecule has 5 nitrogen and oxygen atoms in total.